The maximum absolute atomic E-state index is 5.18. The van der Waals surface area contributed by atoms with Crippen LogP contribution in [-0.4, -0.2) is 35.0 Å². The van der Waals surface area contributed by atoms with Crippen molar-refractivity contribution in [2.75, 3.05) is 20.3 Å². The highest BCUT2D eigenvalue weighted by Gasteiger charge is 2.41. The minimum absolute atomic E-state index is 0.485. The molecular weight excluding hydrogens is 240 g/mol. The van der Waals surface area contributed by atoms with E-state index < -0.39 is 0 Å². The summed E-state index contributed by atoms with van der Waals surface area (Å²) in [6, 6.07) is 0. The summed E-state index contributed by atoms with van der Waals surface area (Å²) in [5.74, 6) is 1.63. The fourth-order valence-corrected chi connectivity index (χ4v) is 2.37. The molecule has 19 heavy (non-hydrogen) atoms. The van der Waals surface area contributed by atoms with Crippen LogP contribution >= 0.6 is 0 Å². The van der Waals surface area contributed by atoms with E-state index in [0.717, 1.165) is 38.5 Å². The van der Waals surface area contributed by atoms with Gasteiger partial charge in [-0.3, -0.25) is 0 Å². The van der Waals surface area contributed by atoms with Crippen molar-refractivity contribution in [2.45, 2.75) is 46.2 Å². The fraction of sp³-hybridized carbons (Fsp3) is 0.857. The number of hydrogen-bond acceptors (Lipinski definition) is 4. The molecule has 0 atom stereocenters. The zero-order valence-electron chi connectivity index (χ0n) is 12.4. The zero-order valence-corrected chi connectivity index (χ0v) is 12.4. The van der Waals surface area contributed by atoms with Crippen molar-refractivity contribution < 1.29 is 4.74 Å². The van der Waals surface area contributed by atoms with Crippen molar-refractivity contribution in [3.63, 3.8) is 0 Å². The Morgan fingerprint density at radius 2 is 2.26 bits per heavy atom. The SMILES string of the molecule is COCCC1(CNCc2ncnn2CC(C)C)CC1. The molecule has 0 spiro atoms. The van der Waals surface area contributed by atoms with E-state index in [-0.39, 0.29) is 0 Å². The first-order chi connectivity index (χ1) is 9.15. The topological polar surface area (TPSA) is 52.0 Å². The molecule has 1 N–H and O–H groups in total. The molecule has 0 radical (unpaired) electrons. The Morgan fingerprint density at radius 3 is 2.89 bits per heavy atom. The Hall–Kier alpha value is -0.940. The maximum Gasteiger partial charge on any atom is 0.140 e. The van der Waals surface area contributed by atoms with Gasteiger partial charge in [-0.15, -0.1) is 0 Å². The van der Waals surface area contributed by atoms with Crippen LogP contribution in [0.4, 0.5) is 0 Å². The fourth-order valence-electron chi connectivity index (χ4n) is 2.37. The molecule has 1 aromatic rings. The third kappa shape index (κ3) is 4.28. The van der Waals surface area contributed by atoms with Gasteiger partial charge in [0.1, 0.15) is 12.2 Å². The molecule has 0 aliphatic heterocycles. The van der Waals surface area contributed by atoms with E-state index in [2.05, 4.69) is 29.2 Å². The van der Waals surface area contributed by atoms with Gasteiger partial charge in [-0.2, -0.15) is 5.10 Å². The van der Waals surface area contributed by atoms with Crippen LogP contribution < -0.4 is 5.32 Å². The van der Waals surface area contributed by atoms with Gasteiger partial charge >= 0.3 is 0 Å². The number of hydrogen-bond donors (Lipinski definition) is 1. The lowest BCUT2D eigenvalue weighted by atomic mass is 10.0. The molecule has 0 amide bonds. The van der Waals surface area contributed by atoms with Gasteiger partial charge in [0.15, 0.2) is 0 Å². The molecule has 1 aliphatic rings. The Morgan fingerprint density at radius 1 is 1.47 bits per heavy atom. The number of ether oxygens (including phenoxy) is 1. The van der Waals surface area contributed by atoms with E-state index in [0.29, 0.717) is 11.3 Å². The van der Waals surface area contributed by atoms with E-state index in [1.807, 2.05) is 4.68 Å². The lowest BCUT2D eigenvalue weighted by Gasteiger charge is -2.15. The highest BCUT2D eigenvalue weighted by atomic mass is 16.5. The number of methoxy groups -OCH3 is 1. The zero-order chi connectivity index (χ0) is 13.7. The minimum Gasteiger partial charge on any atom is -0.385 e. The molecule has 1 heterocycles. The molecule has 0 saturated heterocycles. The number of nitrogens with zero attached hydrogens (tertiary/aromatic N) is 3. The normalized spacial score (nSPS) is 17.1. The van der Waals surface area contributed by atoms with E-state index in [1.54, 1.807) is 13.4 Å². The van der Waals surface area contributed by atoms with Gasteiger partial charge in [0.2, 0.25) is 0 Å². The first-order valence-electron chi connectivity index (χ1n) is 7.21. The number of aromatic nitrogens is 3. The Labute approximate surface area is 115 Å². The predicted octanol–water partition coefficient (Wildman–Crippen LogP) is 1.84. The Kier molecular flexibility index (Phi) is 4.93. The lowest BCUT2D eigenvalue weighted by Crippen LogP contribution is -2.26. The molecule has 0 bridgehead atoms. The summed E-state index contributed by atoms with van der Waals surface area (Å²) in [6.45, 7) is 8.06. The minimum atomic E-state index is 0.485. The third-order valence-electron chi connectivity index (χ3n) is 3.81. The van der Waals surface area contributed by atoms with Crippen LogP contribution in [0.3, 0.4) is 0 Å². The van der Waals surface area contributed by atoms with Gasteiger partial charge in [0.25, 0.3) is 0 Å². The van der Waals surface area contributed by atoms with Gasteiger partial charge in [-0.05, 0) is 30.6 Å². The molecule has 1 fully saturated rings. The van der Waals surface area contributed by atoms with Crippen LogP contribution in [0.1, 0.15) is 38.9 Å². The van der Waals surface area contributed by atoms with E-state index >= 15 is 0 Å². The smallest absolute Gasteiger partial charge is 0.140 e. The molecule has 2 rings (SSSR count). The molecule has 5 heteroatoms. The predicted molar refractivity (Wildman–Crippen MR) is 74.7 cm³/mol. The molecule has 1 aliphatic carbocycles. The van der Waals surface area contributed by atoms with Crippen LogP contribution in [0.2, 0.25) is 0 Å². The number of rotatable bonds is 9. The molecule has 1 saturated carbocycles. The highest BCUT2D eigenvalue weighted by Crippen LogP contribution is 2.48. The monoisotopic (exact) mass is 266 g/mol. The van der Waals surface area contributed by atoms with E-state index in [4.69, 9.17) is 4.74 Å². The summed E-state index contributed by atoms with van der Waals surface area (Å²) in [6.07, 6.45) is 5.45. The first-order valence-corrected chi connectivity index (χ1v) is 7.21. The van der Waals surface area contributed by atoms with Gasteiger partial charge in [-0.25, -0.2) is 9.67 Å². The summed E-state index contributed by atoms with van der Waals surface area (Å²) >= 11 is 0. The first kappa shape index (κ1) is 14.5. The van der Waals surface area contributed by atoms with Gasteiger partial charge in [0, 0.05) is 26.8 Å². The van der Waals surface area contributed by atoms with Crippen molar-refractivity contribution in [2.24, 2.45) is 11.3 Å². The van der Waals surface area contributed by atoms with Crippen molar-refractivity contribution in [3.8, 4) is 0 Å². The second-order valence-corrected chi connectivity index (χ2v) is 6.10. The Bertz CT molecular complexity index is 385. The molecule has 0 aromatic carbocycles. The van der Waals surface area contributed by atoms with Gasteiger partial charge < -0.3 is 10.1 Å². The summed E-state index contributed by atoms with van der Waals surface area (Å²) in [5.41, 5.74) is 0.485. The highest BCUT2D eigenvalue weighted by molar-refractivity contribution is 4.95. The van der Waals surface area contributed by atoms with E-state index in [9.17, 15) is 0 Å². The van der Waals surface area contributed by atoms with Crippen LogP contribution in [0.5, 0.6) is 0 Å². The molecule has 0 unspecified atom stereocenters. The van der Waals surface area contributed by atoms with Crippen LogP contribution in [0.25, 0.3) is 0 Å². The molecule has 5 nitrogen and oxygen atoms in total. The van der Waals surface area contributed by atoms with Crippen molar-refractivity contribution >= 4 is 0 Å². The van der Waals surface area contributed by atoms with Gasteiger partial charge in [0.05, 0.1) is 6.54 Å². The average Bonchev–Trinajstić information content (AvgIpc) is 3.01. The second kappa shape index (κ2) is 6.48. The second-order valence-electron chi connectivity index (χ2n) is 6.10. The van der Waals surface area contributed by atoms with Crippen LogP contribution in [0, 0.1) is 11.3 Å². The Balaban J connectivity index is 1.75. The van der Waals surface area contributed by atoms with Crippen molar-refractivity contribution in [1.82, 2.24) is 20.1 Å². The van der Waals surface area contributed by atoms with Crippen molar-refractivity contribution in [1.29, 1.82) is 0 Å². The third-order valence-corrected chi connectivity index (χ3v) is 3.81. The van der Waals surface area contributed by atoms with E-state index in [1.165, 1.54) is 12.8 Å². The van der Waals surface area contributed by atoms with Gasteiger partial charge in [-0.1, -0.05) is 13.8 Å². The standard InChI is InChI=1S/C14H26N4O/c1-12(2)9-18-13(16-11-17-18)8-15-10-14(4-5-14)6-7-19-3/h11-12,15H,4-10H2,1-3H3. The molecule has 108 valence electrons. The van der Waals surface area contributed by atoms with Crippen LogP contribution in [-0.2, 0) is 17.8 Å². The summed E-state index contributed by atoms with van der Waals surface area (Å²) in [7, 11) is 1.78. The largest absolute Gasteiger partial charge is 0.385 e. The summed E-state index contributed by atoms with van der Waals surface area (Å²) in [4.78, 5) is 4.34. The summed E-state index contributed by atoms with van der Waals surface area (Å²) < 4.78 is 7.18. The van der Waals surface area contributed by atoms with Crippen molar-refractivity contribution in [3.05, 3.63) is 12.2 Å². The summed E-state index contributed by atoms with van der Waals surface area (Å²) in [5, 5.41) is 7.82. The molecule has 1 aromatic heterocycles. The quantitative estimate of drug-likeness (QED) is 0.741. The molecular formula is C14H26N4O. The maximum atomic E-state index is 5.18. The number of nitrogens with one attached hydrogen (secondary N) is 1. The van der Waals surface area contributed by atoms with Crippen LogP contribution in [0.15, 0.2) is 6.33 Å². The average molecular weight is 266 g/mol. The lowest BCUT2D eigenvalue weighted by molar-refractivity contribution is 0.171.